The minimum atomic E-state index is -4.03. The summed E-state index contributed by atoms with van der Waals surface area (Å²) in [5, 5.41) is 15.8. The number of nitrogens with one attached hydrogen (secondary N) is 2. The number of nitro benzene ring substituents is 1. The van der Waals surface area contributed by atoms with Gasteiger partial charge in [-0.2, -0.15) is 5.10 Å². The van der Waals surface area contributed by atoms with Crippen molar-refractivity contribution in [3.63, 3.8) is 0 Å². The van der Waals surface area contributed by atoms with Crippen molar-refractivity contribution in [3.05, 3.63) is 87.5 Å². The number of hydrazone groups is 1. The molecule has 2 N–H and O–H groups in total. The zero-order valence-electron chi connectivity index (χ0n) is 20.0. The molecule has 3 aromatic rings. The second-order valence-electron chi connectivity index (χ2n) is 8.42. The molecule has 0 spiro atoms. The number of hydrogen-bond donors (Lipinski definition) is 2. The summed E-state index contributed by atoms with van der Waals surface area (Å²) in [6.45, 7) is 6.77. The van der Waals surface area contributed by atoms with Gasteiger partial charge in [0.2, 0.25) is 0 Å². The lowest BCUT2D eigenvalue weighted by atomic mass is 10.1. The Morgan fingerprint density at radius 1 is 1.00 bits per heavy atom. The van der Waals surface area contributed by atoms with Gasteiger partial charge in [-0.15, -0.1) is 0 Å². The summed E-state index contributed by atoms with van der Waals surface area (Å²) in [5.41, 5.74) is 6.37. The van der Waals surface area contributed by atoms with E-state index in [9.17, 15) is 18.5 Å². The van der Waals surface area contributed by atoms with Gasteiger partial charge in [0.05, 0.1) is 34.9 Å². The number of hydrogen-bond acceptors (Lipinski definition) is 8. The number of ether oxygens (including phenoxy) is 1. The number of sulfonamides is 1. The molecule has 0 aliphatic carbocycles. The molecule has 0 bridgehead atoms. The van der Waals surface area contributed by atoms with Crippen LogP contribution >= 0.6 is 0 Å². The molecule has 36 heavy (non-hydrogen) atoms. The maximum absolute atomic E-state index is 12.9. The number of benzene rings is 3. The second-order valence-corrected chi connectivity index (χ2v) is 10.1. The van der Waals surface area contributed by atoms with Crippen LogP contribution in [0.15, 0.2) is 70.7 Å². The first-order chi connectivity index (χ1) is 17.2. The second kappa shape index (κ2) is 10.8. The normalized spacial score (nSPS) is 14.1. The summed E-state index contributed by atoms with van der Waals surface area (Å²) in [7, 11) is -4.03. The number of anilines is 3. The monoisotopic (exact) mass is 509 g/mol. The minimum absolute atomic E-state index is 0.0756. The number of nitrogens with zero attached hydrogens (tertiary/aromatic N) is 3. The molecule has 11 heteroatoms. The van der Waals surface area contributed by atoms with E-state index in [1.54, 1.807) is 25.3 Å². The highest BCUT2D eigenvalue weighted by Crippen LogP contribution is 2.29. The van der Waals surface area contributed by atoms with Crippen molar-refractivity contribution in [2.75, 3.05) is 41.4 Å². The molecule has 1 heterocycles. The van der Waals surface area contributed by atoms with Crippen molar-refractivity contribution in [1.29, 1.82) is 0 Å². The molecule has 0 atom stereocenters. The van der Waals surface area contributed by atoms with Gasteiger partial charge in [-0.1, -0.05) is 29.8 Å². The Labute approximate surface area is 209 Å². The van der Waals surface area contributed by atoms with Crippen LogP contribution < -0.4 is 15.0 Å². The Bertz CT molecular complexity index is 1380. The first kappa shape index (κ1) is 25.1. The molecular weight excluding hydrogens is 482 g/mol. The largest absolute Gasteiger partial charge is 0.378 e. The van der Waals surface area contributed by atoms with Crippen LogP contribution in [0.2, 0.25) is 0 Å². The van der Waals surface area contributed by atoms with Gasteiger partial charge in [-0.05, 0) is 55.3 Å². The number of morpholine rings is 1. The van der Waals surface area contributed by atoms with Crippen molar-refractivity contribution < 1.29 is 18.1 Å². The van der Waals surface area contributed by atoms with E-state index in [0.717, 1.165) is 41.5 Å². The number of nitro groups is 1. The van der Waals surface area contributed by atoms with Gasteiger partial charge in [0.1, 0.15) is 5.69 Å². The Morgan fingerprint density at radius 2 is 1.69 bits per heavy atom. The smallest absolute Gasteiger partial charge is 0.295 e. The number of rotatable bonds is 8. The SMILES string of the molecule is Cc1ccc(NS(=O)(=O)c2ccc(N/N=C\c3ccc(N4CCOCC4)cc3)c([N+](=O)[O-])c2)c(C)c1. The van der Waals surface area contributed by atoms with E-state index < -0.39 is 20.6 Å². The predicted molar refractivity (Wildman–Crippen MR) is 141 cm³/mol. The summed E-state index contributed by atoms with van der Waals surface area (Å²) in [4.78, 5) is 13.0. The summed E-state index contributed by atoms with van der Waals surface area (Å²) >= 11 is 0. The summed E-state index contributed by atoms with van der Waals surface area (Å²) in [6, 6.07) is 16.7. The molecule has 4 rings (SSSR count). The molecule has 10 nitrogen and oxygen atoms in total. The van der Waals surface area contributed by atoms with Crippen molar-refractivity contribution in [3.8, 4) is 0 Å². The third-order valence-electron chi connectivity index (χ3n) is 5.77. The lowest BCUT2D eigenvalue weighted by Gasteiger charge is -2.28. The summed E-state index contributed by atoms with van der Waals surface area (Å²) in [6.07, 6.45) is 1.54. The third kappa shape index (κ3) is 5.99. The Hall–Kier alpha value is -3.96. The molecule has 1 fully saturated rings. The molecule has 3 aromatic carbocycles. The van der Waals surface area contributed by atoms with Crippen LogP contribution in [-0.4, -0.2) is 45.9 Å². The number of aryl methyl sites for hydroxylation is 2. The third-order valence-corrected chi connectivity index (χ3v) is 7.13. The Balaban J connectivity index is 1.48. The average molecular weight is 510 g/mol. The maximum atomic E-state index is 12.9. The predicted octanol–water partition coefficient (Wildman–Crippen LogP) is 4.30. The van der Waals surface area contributed by atoms with Gasteiger partial charge in [-0.3, -0.25) is 20.3 Å². The summed E-state index contributed by atoms with van der Waals surface area (Å²) in [5.74, 6) is 0. The van der Waals surface area contributed by atoms with Gasteiger partial charge in [-0.25, -0.2) is 8.42 Å². The van der Waals surface area contributed by atoms with Gasteiger partial charge in [0, 0.05) is 24.8 Å². The van der Waals surface area contributed by atoms with Crippen LogP contribution in [0.5, 0.6) is 0 Å². The highest BCUT2D eigenvalue weighted by Gasteiger charge is 2.22. The van der Waals surface area contributed by atoms with Crippen molar-refractivity contribution in [2.45, 2.75) is 18.7 Å². The lowest BCUT2D eigenvalue weighted by Crippen LogP contribution is -2.36. The van der Waals surface area contributed by atoms with E-state index in [1.165, 1.54) is 12.1 Å². The molecule has 1 saturated heterocycles. The zero-order valence-corrected chi connectivity index (χ0v) is 20.8. The van der Waals surface area contributed by atoms with E-state index in [2.05, 4.69) is 20.1 Å². The molecule has 1 aliphatic rings. The zero-order chi connectivity index (χ0) is 25.7. The standard InChI is InChI=1S/C25H27N5O5S/c1-18-3-9-23(19(2)15-18)28-36(33,34)22-8-10-24(25(16-22)30(31)32)27-26-17-20-4-6-21(7-5-20)29-11-13-35-14-12-29/h3-10,15-17,27-28H,11-14H2,1-2H3/b26-17-. The molecule has 0 aromatic heterocycles. The van der Waals surface area contributed by atoms with Gasteiger partial charge >= 0.3 is 0 Å². The van der Waals surface area contributed by atoms with Crippen LogP contribution in [0, 0.1) is 24.0 Å². The van der Waals surface area contributed by atoms with Crippen molar-refractivity contribution in [2.24, 2.45) is 5.10 Å². The van der Waals surface area contributed by atoms with Crippen LogP contribution in [0.25, 0.3) is 0 Å². The van der Waals surface area contributed by atoms with Crippen LogP contribution in [0.3, 0.4) is 0 Å². The Kier molecular flexibility index (Phi) is 7.51. The van der Waals surface area contributed by atoms with Crippen LogP contribution in [0.4, 0.5) is 22.7 Å². The molecule has 1 aliphatic heterocycles. The lowest BCUT2D eigenvalue weighted by molar-refractivity contribution is -0.384. The van der Waals surface area contributed by atoms with E-state index in [-0.39, 0.29) is 10.6 Å². The van der Waals surface area contributed by atoms with Gasteiger partial charge in [0.25, 0.3) is 15.7 Å². The highest BCUT2D eigenvalue weighted by molar-refractivity contribution is 7.92. The minimum Gasteiger partial charge on any atom is -0.378 e. The maximum Gasteiger partial charge on any atom is 0.295 e. The van der Waals surface area contributed by atoms with Crippen molar-refractivity contribution >= 4 is 39.0 Å². The first-order valence-electron chi connectivity index (χ1n) is 11.3. The molecule has 0 radical (unpaired) electrons. The molecule has 0 unspecified atom stereocenters. The van der Waals surface area contributed by atoms with E-state index >= 15 is 0 Å². The highest BCUT2D eigenvalue weighted by atomic mass is 32.2. The molecular formula is C25H27N5O5S. The van der Waals surface area contributed by atoms with Crippen LogP contribution in [-0.2, 0) is 14.8 Å². The quantitative estimate of drug-likeness (QED) is 0.263. The van der Waals surface area contributed by atoms with Crippen LogP contribution in [0.1, 0.15) is 16.7 Å². The fourth-order valence-electron chi connectivity index (χ4n) is 3.83. The van der Waals surface area contributed by atoms with E-state index in [1.807, 2.05) is 37.3 Å². The topological polar surface area (TPSA) is 126 Å². The molecule has 0 amide bonds. The Morgan fingerprint density at radius 3 is 2.36 bits per heavy atom. The fourth-order valence-corrected chi connectivity index (χ4v) is 4.98. The van der Waals surface area contributed by atoms with Gasteiger partial charge < -0.3 is 9.64 Å². The first-order valence-corrected chi connectivity index (χ1v) is 12.8. The van der Waals surface area contributed by atoms with E-state index in [4.69, 9.17) is 4.74 Å². The average Bonchev–Trinajstić information content (AvgIpc) is 2.86. The molecule has 188 valence electrons. The van der Waals surface area contributed by atoms with Crippen molar-refractivity contribution in [1.82, 2.24) is 0 Å². The molecule has 0 saturated carbocycles. The summed E-state index contributed by atoms with van der Waals surface area (Å²) < 4.78 is 33.6. The van der Waals surface area contributed by atoms with Gasteiger partial charge in [0.15, 0.2) is 0 Å². The van der Waals surface area contributed by atoms with E-state index in [0.29, 0.717) is 18.9 Å². The fraction of sp³-hybridized carbons (Fsp3) is 0.240.